The van der Waals surface area contributed by atoms with Crippen molar-refractivity contribution in [1.29, 1.82) is 0 Å². The summed E-state index contributed by atoms with van der Waals surface area (Å²) in [7, 11) is 0. The van der Waals surface area contributed by atoms with Gasteiger partial charge in [0.1, 0.15) is 0 Å². The number of nitrogens with one attached hydrogen (secondary N) is 2. The molecule has 2 aliphatic rings. The van der Waals surface area contributed by atoms with Gasteiger partial charge in [0.05, 0.1) is 6.54 Å². The van der Waals surface area contributed by atoms with Crippen molar-refractivity contribution < 1.29 is 4.79 Å². The fraction of sp³-hybridized carbons (Fsp3) is 0.786. The van der Waals surface area contributed by atoms with Gasteiger partial charge in [0.15, 0.2) is 0 Å². The second kappa shape index (κ2) is 5.67. The van der Waals surface area contributed by atoms with Crippen LogP contribution in [0.1, 0.15) is 32.6 Å². The van der Waals surface area contributed by atoms with Gasteiger partial charge in [-0.3, -0.25) is 4.79 Å². The zero-order valence-electron chi connectivity index (χ0n) is 10.7. The highest BCUT2D eigenvalue weighted by molar-refractivity contribution is 5.78. The summed E-state index contributed by atoms with van der Waals surface area (Å²) in [5.74, 6) is 2.65. The van der Waals surface area contributed by atoms with Crippen molar-refractivity contribution in [3.05, 3.63) is 12.7 Å². The number of carbonyl (C=O) groups excluding carboxylic acids is 1. The zero-order chi connectivity index (χ0) is 12.3. The molecule has 0 aromatic rings. The van der Waals surface area contributed by atoms with E-state index in [9.17, 15) is 4.79 Å². The Morgan fingerprint density at radius 3 is 2.88 bits per heavy atom. The van der Waals surface area contributed by atoms with Crippen molar-refractivity contribution >= 4 is 5.91 Å². The molecule has 0 saturated heterocycles. The van der Waals surface area contributed by atoms with Crippen molar-refractivity contribution in [3.8, 4) is 0 Å². The van der Waals surface area contributed by atoms with Crippen molar-refractivity contribution in [3.63, 3.8) is 0 Å². The Labute approximate surface area is 104 Å². The fourth-order valence-corrected chi connectivity index (χ4v) is 3.61. The number of hydrogen-bond acceptors (Lipinski definition) is 2. The van der Waals surface area contributed by atoms with Crippen molar-refractivity contribution in [2.45, 2.75) is 38.6 Å². The molecule has 0 aromatic carbocycles. The molecule has 4 atom stereocenters. The largest absolute Gasteiger partial charge is 0.352 e. The molecule has 3 heteroatoms. The maximum Gasteiger partial charge on any atom is 0.234 e. The lowest BCUT2D eigenvalue weighted by molar-refractivity contribution is -0.121. The highest BCUT2D eigenvalue weighted by Crippen LogP contribution is 2.49. The van der Waals surface area contributed by atoms with Crippen LogP contribution in [0.3, 0.4) is 0 Å². The molecule has 2 N–H and O–H groups in total. The minimum absolute atomic E-state index is 0.113. The lowest BCUT2D eigenvalue weighted by atomic mass is 9.84. The molecule has 2 rings (SSSR count). The topological polar surface area (TPSA) is 41.1 Å². The summed E-state index contributed by atoms with van der Waals surface area (Å²) in [6.07, 6.45) is 7.30. The number of rotatable bonds is 6. The van der Waals surface area contributed by atoms with Gasteiger partial charge in [0.2, 0.25) is 5.91 Å². The van der Waals surface area contributed by atoms with E-state index in [4.69, 9.17) is 0 Å². The Morgan fingerprint density at radius 1 is 1.47 bits per heavy atom. The predicted molar refractivity (Wildman–Crippen MR) is 69.6 cm³/mol. The SMILES string of the molecule is C=CCNCC(=O)N[C@H](C)[C@@H]1C[C@@H]2CC[C@@H]1C2. The molecule has 2 fully saturated rings. The molecule has 0 spiro atoms. The highest BCUT2D eigenvalue weighted by Gasteiger charge is 2.41. The van der Waals surface area contributed by atoms with Gasteiger partial charge in [0, 0.05) is 12.6 Å². The molecular formula is C14H24N2O. The average molecular weight is 236 g/mol. The lowest BCUT2D eigenvalue weighted by Gasteiger charge is -2.28. The Kier molecular flexibility index (Phi) is 4.21. The van der Waals surface area contributed by atoms with E-state index in [1.165, 1.54) is 25.7 Å². The first kappa shape index (κ1) is 12.6. The first-order chi connectivity index (χ1) is 8.20. The summed E-state index contributed by atoms with van der Waals surface area (Å²) >= 11 is 0. The van der Waals surface area contributed by atoms with E-state index in [1.54, 1.807) is 6.08 Å². The van der Waals surface area contributed by atoms with Crippen LogP contribution in [0.15, 0.2) is 12.7 Å². The number of amides is 1. The van der Waals surface area contributed by atoms with Gasteiger partial charge < -0.3 is 10.6 Å². The van der Waals surface area contributed by atoms with Crippen LogP contribution in [-0.2, 0) is 4.79 Å². The van der Waals surface area contributed by atoms with Crippen LogP contribution >= 0.6 is 0 Å². The summed E-state index contributed by atoms with van der Waals surface area (Å²) < 4.78 is 0. The predicted octanol–water partition coefficient (Wildman–Crippen LogP) is 1.70. The molecule has 0 unspecified atom stereocenters. The van der Waals surface area contributed by atoms with E-state index < -0.39 is 0 Å². The molecule has 96 valence electrons. The summed E-state index contributed by atoms with van der Waals surface area (Å²) in [6.45, 7) is 6.87. The molecule has 0 aromatic heterocycles. The van der Waals surface area contributed by atoms with Crippen LogP contribution in [0.25, 0.3) is 0 Å². The number of hydrogen-bond donors (Lipinski definition) is 2. The molecule has 0 radical (unpaired) electrons. The summed E-state index contributed by atoms with van der Waals surface area (Å²) in [6, 6.07) is 0.336. The normalized spacial score (nSPS) is 32.4. The van der Waals surface area contributed by atoms with Crippen LogP contribution in [0.2, 0.25) is 0 Å². The number of carbonyl (C=O) groups is 1. The van der Waals surface area contributed by atoms with Gasteiger partial charge in [-0.25, -0.2) is 0 Å². The lowest BCUT2D eigenvalue weighted by Crippen LogP contribution is -2.43. The average Bonchev–Trinajstić information content (AvgIpc) is 2.91. The summed E-state index contributed by atoms with van der Waals surface area (Å²) in [4.78, 5) is 11.7. The van der Waals surface area contributed by atoms with Gasteiger partial charge in [-0.1, -0.05) is 12.5 Å². The highest BCUT2D eigenvalue weighted by atomic mass is 16.1. The van der Waals surface area contributed by atoms with Gasteiger partial charge in [-0.05, 0) is 43.9 Å². The van der Waals surface area contributed by atoms with Crippen molar-refractivity contribution in [1.82, 2.24) is 10.6 Å². The monoisotopic (exact) mass is 236 g/mol. The van der Waals surface area contributed by atoms with Crippen LogP contribution in [0.4, 0.5) is 0 Å². The first-order valence-corrected chi connectivity index (χ1v) is 6.81. The van der Waals surface area contributed by atoms with E-state index in [2.05, 4.69) is 24.1 Å². The van der Waals surface area contributed by atoms with E-state index in [0.29, 0.717) is 19.1 Å². The maximum atomic E-state index is 11.7. The second-order valence-electron chi connectivity index (χ2n) is 5.61. The standard InChI is InChI=1S/C14H24N2O/c1-3-6-15-9-14(17)16-10(2)13-8-11-4-5-12(13)7-11/h3,10-13,15H,1,4-9H2,2H3,(H,16,17)/t10-,11-,12-,13+/m1/s1. The Hall–Kier alpha value is -0.830. The maximum absolute atomic E-state index is 11.7. The Bertz CT molecular complexity index is 290. The zero-order valence-corrected chi connectivity index (χ0v) is 10.7. The van der Waals surface area contributed by atoms with Gasteiger partial charge in [-0.15, -0.1) is 6.58 Å². The molecule has 0 heterocycles. The first-order valence-electron chi connectivity index (χ1n) is 6.81. The minimum atomic E-state index is 0.113. The van der Waals surface area contributed by atoms with Gasteiger partial charge in [-0.2, -0.15) is 0 Å². The number of fused-ring (bicyclic) bond motifs is 2. The van der Waals surface area contributed by atoms with Gasteiger partial charge >= 0.3 is 0 Å². The fourth-order valence-electron chi connectivity index (χ4n) is 3.61. The Balaban J connectivity index is 1.71. The molecule has 0 aliphatic heterocycles. The quantitative estimate of drug-likeness (QED) is 0.544. The molecule has 2 bridgehead atoms. The van der Waals surface area contributed by atoms with Crippen LogP contribution in [0, 0.1) is 17.8 Å². The van der Waals surface area contributed by atoms with Crippen molar-refractivity contribution in [2.24, 2.45) is 17.8 Å². The van der Waals surface area contributed by atoms with E-state index in [0.717, 1.165) is 17.8 Å². The van der Waals surface area contributed by atoms with E-state index >= 15 is 0 Å². The Morgan fingerprint density at radius 2 is 2.29 bits per heavy atom. The van der Waals surface area contributed by atoms with E-state index in [1.807, 2.05) is 0 Å². The molecule has 1 amide bonds. The molecule has 2 saturated carbocycles. The molecule has 17 heavy (non-hydrogen) atoms. The van der Waals surface area contributed by atoms with E-state index in [-0.39, 0.29) is 5.91 Å². The summed E-state index contributed by atoms with van der Waals surface area (Å²) in [5.41, 5.74) is 0. The second-order valence-corrected chi connectivity index (χ2v) is 5.61. The van der Waals surface area contributed by atoms with Crippen LogP contribution in [-0.4, -0.2) is 25.0 Å². The molecule has 2 aliphatic carbocycles. The smallest absolute Gasteiger partial charge is 0.234 e. The summed E-state index contributed by atoms with van der Waals surface area (Å²) in [5, 5.41) is 6.16. The van der Waals surface area contributed by atoms with Crippen molar-refractivity contribution in [2.75, 3.05) is 13.1 Å². The minimum Gasteiger partial charge on any atom is -0.352 e. The third-order valence-electron chi connectivity index (χ3n) is 4.40. The third-order valence-corrected chi connectivity index (χ3v) is 4.40. The molecule has 3 nitrogen and oxygen atoms in total. The third kappa shape index (κ3) is 3.09. The molecular weight excluding hydrogens is 212 g/mol. The van der Waals surface area contributed by atoms with Crippen LogP contribution < -0.4 is 10.6 Å². The van der Waals surface area contributed by atoms with Gasteiger partial charge in [0.25, 0.3) is 0 Å². The van der Waals surface area contributed by atoms with Crippen LogP contribution in [0.5, 0.6) is 0 Å².